The van der Waals surface area contributed by atoms with Crippen molar-refractivity contribution in [1.82, 2.24) is 0 Å². The lowest BCUT2D eigenvalue weighted by atomic mass is 10.1. The van der Waals surface area contributed by atoms with Gasteiger partial charge in [0.1, 0.15) is 5.75 Å². The van der Waals surface area contributed by atoms with Crippen LogP contribution >= 0.6 is 0 Å². The molecule has 0 aliphatic carbocycles. The van der Waals surface area contributed by atoms with E-state index in [-0.39, 0.29) is 12.5 Å². The topological polar surface area (TPSA) is 64.3 Å². The van der Waals surface area contributed by atoms with Gasteiger partial charge in [-0.25, -0.2) is 0 Å². The van der Waals surface area contributed by atoms with Gasteiger partial charge in [-0.15, -0.1) is 0 Å². The van der Waals surface area contributed by atoms with E-state index >= 15 is 0 Å². The van der Waals surface area contributed by atoms with Gasteiger partial charge in [0.15, 0.2) is 6.61 Å². The zero-order valence-electron chi connectivity index (χ0n) is 12.6. The van der Waals surface area contributed by atoms with E-state index in [1.54, 1.807) is 6.07 Å². The van der Waals surface area contributed by atoms with Gasteiger partial charge in [0.25, 0.3) is 5.91 Å². The van der Waals surface area contributed by atoms with Gasteiger partial charge in [-0.3, -0.25) is 4.79 Å². The Morgan fingerprint density at radius 3 is 2.43 bits per heavy atom. The summed E-state index contributed by atoms with van der Waals surface area (Å²) in [6.45, 7) is 5.83. The first-order valence-electron chi connectivity index (χ1n) is 6.82. The molecule has 0 saturated carbocycles. The summed E-state index contributed by atoms with van der Waals surface area (Å²) in [6.07, 6.45) is 0. The molecular weight excluding hydrogens is 264 g/mol. The highest BCUT2D eigenvalue weighted by molar-refractivity contribution is 5.91. The molecule has 0 heterocycles. The van der Waals surface area contributed by atoms with Crippen molar-refractivity contribution in [1.29, 1.82) is 0 Å². The van der Waals surface area contributed by atoms with Crippen LogP contribution in [-0.2, 0) is 4.79 Å². The van der Waals surface area contributed by atoms with Crippen LogP contribution in [-0.4, -0.2) is 12.5 Å². The predicted octanol–water partition coefficient (Wildman–Crippen LogP) is 3.21. The van der Waals surface area contributed by atoms with Crippen LogP contribution in [0.2, 0.25) is 0 Å². The summed E-state index contributed by atoms with van der Waals surface area (Å²) in [4.78, 5) is 11.9. The van der Waals surface area contributed by atoms with Crippen LogP contribution in [0.5, 0.6) is 5.75 Å². The summed E-state index contributed by atoms with van der Waals surface area (Å²) >= 11 is 0. The van der Waals surface area contributed by atoms with Crippen molar-refractivity contribution in [2.24, 2.45) is 0 Å². The Bertz CT molecular complexity index is 649. The number of benzene rings is 2. The number of amides is 1. The maximum absolute atomic E-state index is 11.9. The van der Waals surface area contributed by atoms with Crippen LogP contribution in [0.25, 0.3) is 0 Å². The molecule has 0 radical (unpaired) electrons. The number of rotatable bonds is 4. The number of hydrogen-bond acceptors (Lipinski definition) is 3. The molecule has 0 spiro atoms. The van der Waals surface area contributed by atoms with E-state index in [9.17, 15) is 4.79 Å². The van der Waals surface area contributed by atoms with Crippen molar-refractivity contribution < 1.29 is 9.53 Å². The van der Waals surface area contributed by atoms with Gasteiger partial charge < -0.3 is 15.8 Å². The number of nitrogens with two attached hydrogens (primary N) is 1. The number of ether oxygens (including phenoxy) is 1. The van der Waals surface area contributed by atoms with E-state index in [4.69, 9.17) is 10.5 Å². The average molecular weight is 284 g/mol. The molecule has 0 saturated heterocycles. The van der Waals surface area contributed by atoms with E-state index in [1.807, 2.05) is 51.1 Å². The van der Waals surface area contributed by atoms with E-state index in [0.717, 1.165) is 22.4 Å². The summed E-state index contributed by atoms with van der Waals surface area (Å²) in [5.74, 6) is 0.439. The molecule has 0 fully saturated rings. The van der Waals surface area contributed by atoms with Crippen molar-refractivity contribution >= 4 is 17.3 Å². The van der Waals surface area contributed by atoms with Gasteiger partial charge >= 0.3 is 0 Å². The minimum Gasteiger partial charge on any atom is -0.483 e. The van der Waals surface area contributed by atoms with Crippen molar-refractivity contribution in [3.05, 3.63) is 53.1 Å². The van der Waals surface area contributed by atoms with E-state index in [2.05, 4.69) is 5.32 Å². The lowest BCUT2D eigenvalue weighted by Gasteiger charge is -2.12. The molecule has 2 aromatic rings. The van der Waals surface area contributed by atoms with E-state index in [0.29, 0.717) is 11.4 Å². The standard InChI is InChI=1S/C17H20N2O2/c1-11-4-6-14(7-5-11)19-17(20)10-21-16-9-15(18)12(2)8-13(16)3/h4-9H,10,18H2,1-3H3,(H,19,20). The first-order chi connectivity index (χ1) is 9.95. The minimum atomic E-state index is -0.197. The van der Waals surface area contributed by atoms with Crippen molar-refractivity contribution in [3.8, 4) is 5.75 Å². The Morgan fingerprint density at radius 2 is 1.76 bits per heavy atom. The normalized spacial score (nSPS) is 10.2. The summed E-state index contributed by atoms with van der Waals surface area (Å²) in [6, 6.07) is 11.3. The molecule has 4 nitrogen and oxygen atoms in total. The van der Waals surface area contributed by atoms with Crippen LogP contribution < -0.4 is 15.8 Å². The molecule has 0 aliphatic rings. The second-order valence-electron chi connectivity index (χ2n) is 5.18. The maximum atomic E-state index is 11.9. The molecule has 0 unspecified atom stereocenters. The minimum absolute atomic E-state index is 0.0444. The zero-order valence-corrected chi connectivity index (χ0v) is 12.6. The molecule has 21 heavy (non-hydrogen) atoms. The van der Waals surface area contributed by atoms with Gasteiger partial charge in [0.05, 0.1) is 0 Å². The smallest absolute Gasteiger partial charge is 0.262 e. The Kier molecular flexibility index (Phi) is 4.48. The van der Waals surface area contributed by atoms with Crippen LogP contribution in [0, 0.1) is 20.8 Å². The number of carbonyl (C=O) groups excluding carboxylic acids is 1. The number of anilines is 2. The summed E-state index contributed by atoms with van der Waals surface area (Å²) in [5.41, 5.74) is 10.4. The predicted molar refractivity (Wildman–Crippen MR) is 85.6 cm³/mol. The fourth-order valence-corrected chi connectivity index (χ4v) is 1.98. The van der Waals surface area contributed by atoms with Crippen LogP contribution in [0.1, 0.15) is 16.7 Å². The molecule has 3 N–H and O–H groups in total. The fourth-order valence-electron chi connectivity index (χ4n) is 1.98. The largest absolute Gasteiger partial charge is 0.483 e. The highest BCUT2D eigenvalue weighted by atomic mass is 16.5. The number of carbonyl (C=O) groups is 1. The second kappa shape index (κ2) is 6.31. The quantitative estimate of drug-likeness (QED) is 0.847. The van der Waals surface area contributed by atoms with Crippen molar-refractivity contribution in [2.45, 2.75) is 20.8 Å². The zero-order chi connectivity index (χ0) is 15.4. The highest BCUT2D eigenvalue weighted by Gasteiger charge is 2.07. The molecule has 0 aliphatic heterocycles. The van der Waals surface area contributed by atoms with Crippen molar-refractivity contribution in [2.75, 3.05) is 17.7 Å². The van der Waals surface area contributed by atoms with Crippen LogP contribution in [0.3, 0.4) is 0 Å². The number of nitrogen functional groups attached to an aromatic ring is 1. The van der Waals surface area contributed by atoms with Gasteiger partial charge in [-0.2, -0.15) is 0 Å². The third kappa shape index (κ3) is 3.99. The molecule has 0 atom stereocenters. The molecule has 110 valence electrons. The van der Waals surface area contributed by atoms with Gasteiger partial charge in [0.2, 0.25) is 0 Å². The first-order valence-corrected chi connectivity index (χ1v) is 6.82. The monoisotopic (exact) mass is 284 g/mol. The molecule has 0 bridgehead atoms. The molecule has 4 heteroatoms. The summed E-state index contributed by atoms with van der Waals surface area (Å²) < 4.78 is 5.54. The Labute approximate surface area is 124 Å². The SMILES string of the molecule is Cc1ccc(NC(=O)COc2cc(N)c(C)cc2C)cc1. The number of nitrogens with one attached hydrogen (secondary N) is 1. The molecule has 0 aromatic heterocycles. The molecule has 2 rings (SSSR count). The van der Waals surface area contributed by atoms with Gasteiger partial charge in [-0.05, 0) is 44.0 Å². The summed E-state index contributed by atoms with van der Waals surface area (Å²) in [7, 11) is 0. The Hall–Kier alpha value is -2.49. The third-order valence-electron chi connectivity index (χ3n) is 3.26. The Morgan fingerprint density at radius 1 is 1.10 bits per heavy atom. The fraction of sp³-hybridized carbons (Fsp3) is 0.235. The molecular formula is C17H20N2O2. The van der Waals surface area contributed by atoms with Crippen LogP contribution in [0.4, 0.5) is 11.4 Å². The summed E-state index contributed by atoms with van der Waals surface area (Å²) in [5, 5.41) is 2.79. The highest BCUT2D eigenvalue weighted by Crippen LogP contribution is 2.24. The van der Waals surface area contributed by atoms with E-state index < -0.39 is 0 Å². The van der Waals surface area contributed by atoms with Crippen molar-refractivity contribution in [3.63, 3.8) is 0 Å². The number of hydrogen-bond donors (Lipinski definition) is 2. The van der Waals surface area contributed by atoms with Gasteiger partial charge in [-0.1, -0.05) is 23.8 Å². The third-order valence-corrected chi connectivity index (χ3v) is 3.26. The second-order valence-corrected chi connectivity index (χ2v) is 5.18. The Balaban J connectivity index is 1.95. The molecule has 1 amide bonds. The lowest BCUT2D eigenvalue weighted by molar-refractivity contribution is -0.118. The van der Waals surface area contributed by atoms with Crippen LogP contribution in [0.15, 0.2) is 36.4 Å². The molecule has 2 aromatic carbocycles. The first kappa shape index (κ1) is 14.9. The van der Waals surface area contributed by atoms with Gasteiger partial charge in [0, 0.05) is 17.4 Å². The maximum Gasteiger partial charge on any atom is 0.262 e. The van der Waals surface area contributed by atoms with E-state index in [1.165, 1.54) is 0 Å². The lowest BCUT2D eigenvalue weighted by Crippen LogP contribution is -2.20. The average Bonchev–Trinajstić information content (AvgIpc) is 2.44. The number of aryl methyl sites for hydroxylation is 3.